The average molecular weight is 453 g/mol. The number of anilines is 1. The Kier molecular flexibility index (Phi) is 5.40. The van der Waals surface area contributed by atoms with Crippen LogP contribution in [0.25, 0.3) is 11.2 Å². The molecule has 0 radical (unpaired) electrons. The third kappa shape index (κ3) is 3.86. The number of nitrogens with zero attached hydrogens (tertiary/aromatic N) is 4. The van der Waals surface area contributed by atoms with Crippen LogP contribution in [0.4, 0.5) is 9.70 Å². The molecule has 3 heterocycles. The van der Waals surface area contributed by atoms with Crippen LogP contribution in [0.3, 0.4) is 0 Å². The number of ether oxygens (including phenoxy) is 1. The summed E-state index contributed by atoms with van der Waals surface area (Å²) in [5, 5.41) is 32.5. The smallest absolute Gasteiger partial charge is 0.332 e. The lowest BCUT2D eigenvalue weighted by Crippen LogP contribution is -2.41. The molecule has 31 heavy (non-hydrogen) atoms. The summed E-state index contributed by atoms with van der Waals surface area (Å²) in [5.74, 6) is -0.410. The van der Waals surface area contributed by atoms with Gasteiger partial charge in [-0.2, -0.15) is 8.42 Å². The molecule has 1 amide bonds. The number of hydrogen-bond acceptors (Lipinski definition) is 10. The van der Waals surface area contributed by atoms with E-state index in [1.165, 1.54) is 0 Å². The number of aromatic nitrogens is 4. The minimum atomic E-state index is -5.46. The number of nitrogens with one attached hydrogen (secondary N) is 1. The fraction of sp³-hybridized carbons (Fsp3) is 0.294. The molecule has 14 heteroatoms. The number of carbonyl (C=O) groups excluding carboxylic acids is 1. The van der Waals surface area contributed by atoms with Gasteiger partial charge in [0.15, 0.2) is 23.2 Å². The van der Waals surface area contributed by atoms with Crippen LogP contribution in [0.1, 0.15) is 16.6 Å². The normalized spacial score (nSPS) is 24.9. The molecule has 1 aliphatic heterocycles. The van der Waals surface area contributed by atoms with Crippen molar-refractivity contribution < 1.29 is 37.2 Å². The molecule has 0 saturated carbocycles. The van der Waals surface area contributed by atoms with Crippen LogP contribution in [0.2, 0.25) is 0 Å². The number of imidazole rings is 1. The Morgan fingerprint density at radius 3 is 2.55 bits per heavy atom. The number of amides is 1. The molecule has 4 rings (SSSR count). The van der Waals surface area contributed by atoms with E-state index in [9.17, 15) is 32.4 Å². The van der Waals surface area contributed by atoms with Crippen LogP contribution in [-0.2, 0) is 15.0 Å². The number of hydrogen-bond donors (Lipinski definition) is 4. The fourth-order valence-corrected chi connectivity index (χ4v) is 3.76. The molecule has 0 bridgehead atoms. The molecule has 1 unspecified atom stereocenters. The lowest BCUT2D eigenvalue weighted by molar-refractivity contribution is -0.0623. The first-order valence-corrected chi connectivity index (χ1v) is 10.3. The molecule has 1 saturated heterocycles. The van der Waals surface area contributed by atoms with Crippen molar-refractivity contribution in [2.45, 2.75) is 30.0 Å². The SMILES string of the molecule is O=C(Nc1ncnc2c1ncn2[C@@H]1O[C@H](C(O)S(=O)(=O)F)[C@@H](O)[C@H]1O)c1ccccc1. The molecular formula is C17H16FN5O7S. The summed E-state index contributed by atoms with van der Waals surface area (Å²) < 4.78 is 41.4. The first-order chi connectivity index (χ1) is 14.7. The lowest BCUT2D eigenvalue weighted by atomic mass is 10.1. The largest absolute Gasteiger partial charge is 0.387 e. The number of carbonyl (C=O) groups is 1. The molecule has 12 nitrogen and oxygen atoms in total. The van der Waals surface area contributed by atoms with Gasteiger partial charge in [0, 0.05) is 5.56 Å². The van der Waals surface area contributed by atoms with Crippen molar-refractivity contribution in [2.24, 2.45) is 0 Å². The number of halogens is 1. The van der Waals surface area contributed by atoms with E-state index in [0.29, 0.717) is 5.56 Å². The standard InChI is InChI=1S/C17H16FN5O7S/c18-31(28,29)17(27)12-10(24)11(25)16(30-12)23-7-21-9-13(19-6-20-14(9)23)22-15(26)8-4-2-1-3-5-8/h1-7,10-12,16-17,24-25,27H,(H,19,20,22,26)/t10-,11+,12-,16+,17?/m0/s1. The summed E-state index contributed by atoms with van der Waals surface area (Å²) in [6, 6.07) is 8.32. The Hall–Kier alpha value is -3.04. The maximum absolute atomic E-state index is 13.1. The number of aliphatic hydroxyl groups is 3. The topological polar surface area (TPSA) is 177 Å². The molecular weight excluding hydrogens is 437 g/mol. The van der Waals surface area contributed by atoms with Gasteiger partial charge >= 0.3 is 10.2 Å². The van der Waals surface area contributed by atoms with Crippen LogP contribution in [-0.4, -0.2) is 72.9 Å². The van der Waals surface area contributed by atoms with Crippen LogP contribution in [0.5, 0.6) is 0 Å². The molecule has 0 spiro atoms. The molecule has 4 N–H and O–H groups in total. The summed E-state index contributed by atoms with van der Waals surface area (Å²) in [4.78, 5) is 24.5. The van der Waals surface area contributed by atoms with Crippen LogP contribution >= 0.6 is 0 Å². The van der Waals surface area contributed by atoms with Gasteiger partial charge in [0.05, 0.1) is 6.33 Å². The highest BCUT2D eigenvalue weighted by atomic mass is 32.3. The highest BCUT2D eigenvalue weighted by Gasteiger charge is 2.51. The minimum Gasteiger partial charge on any atom is -0.387 e. The van der Waals surface area contributed by atoms with E-state index < -0.39 is 46.1 Å². The Balaban J connectivity index is 1.64. The highest BCUT2D eigenvalue weighted by molar-refractivity contribution is 7.86. The van der Waals surface area contributed by atoms with Crippen molar-refractivity contribution in [3.8, 4) is 0 Å². The number of fused-ring (bicyclic) bond motifs is 1. The van der Waals surface area contributed by atoms with Gasteiger partial charge < -0.3 is 25.4 Å². The van der Waals surface area contributed by atoms with Crippen molar-refractivity contribution >= 4 is 33.1 Å². The molecule has 1 fully saturated rings. The summed E-state index contributed by atoms with van der Waals surface area (Å²) >= 11 is 0. The zero-order valence-electron chi connectivity index (χ0n) is 15.5. The van der Waals surface area contributed by atoms with Crippen molar-refractivity contribution in [3.05, 3.63) is 48.5 Å². The fourth-order valence-electron chi connectivity index (χ4n) is 3.21. The summed E-state index contributed by atoms with van der Waals surface area (Å²) in [7, 11) is -5.46. The van der Waals surface area contributed by atoms with Crippen LogP contribution in [0.15, 0.2) is 43.0 Å². The second-order valence-electron chi connectivity index (χ2n) is 6.71. The Morgan fingerprint density at radius 2 is 1.87 bits per heavy atom. The van der Waals surface area contributed by atoms with E-state index in [4.69, 9.17) is 4.74 Å². The van der Waals surface area contributed by atoms with E-state index in [1.807, 2.05) is 0 Å². The predicted octanol–water partition coefficient (Wildman–Crippen LogP) is -0.685. The molecule has 1 aromatic carbocycles. The van der Waals surface area contributed by atoms with Crippen molar-refractivity contribution in [1.82, 2.24) is 19.5 Å². The van der Waals surface area contributed by atoms with E-state index in [0.717, 1.165) is 17.2 Å². The second kappa shape index (κ2) is 7.90. The predicted molar refractivity (Wildman–Crippen MR) is 102 cm³/mol. The maximum Gasteiger partial charge on any atom is 0.332 e. The molecule has 2 aromatic heterocycles. The van der Waals surface area contributed by atoms with E-state index in [-0.39, 0.29) is 17.0 Å². The van der Waals surface area contributed by atoms with Gasteiger partial charge in [0.25, 0.3) is 5.91 Å². The number of rotatable bonds is 5. The van der Waals surface area contributed by atoms with Crippen molar-refractivity contribution in [3.63, 3.8) is 0 Å². The van der Waals surface area contributed by atoms with Crippen molar-refractivity contribution in [2.75, 3.05) is 5.32 Å². The zero-order chi connectivity index (χ0) is 22.3. The van der Waals surface area contributed by atoms with Gasteiger partial charge in [-0.15, -0.1) is 3.89 Å². The highest BCUT2D eigenvalue weighted by Crippen LogP contribution is 2.34. The third-order valence-corrected chi connectivity index (χ3v) is 5.59. The van der Waals surface area contributed by atoms with Gasteiger partial charge in [-0.3, -0.25) is 9.36 Å². The Labute approximate surface area is 174 Å². The lowest BCUT2D eigenvalue weighted by Gasteiger charge is -2.17. The van der Waals surface area contributed by atoms with Gasteiger partial charge in [-0.1, -0.05) is 18.2 Å². The Bertz CT molecular complexity index is 1220. The maximum atomic E-state index is 13.1. The third-order valence-electron chi connectivity index (χ3n) is 4.75. The quantitative estimate of drug-likeness (QED) is 0.362. The van der Waals surface area contributed by atoms with Crippen molar-refractivity contribution in [1.29, 1.82) is 0 Å². The number of benzene rings is 1. The van der Waals surface area contributed by atoms with Gasteiger partial charge in [-0.25, -0.2) is 15.0 Å². The monoisotopic (exact) mass is 453 g/mol. The van der Waals surface area contributed by atoms with Crippen LogP contribution < -0.4 is 5.32 Å². The van der Waals surface area contributed by atoms with E-state index >= 15 is 0 Å². The summed E-state index contributed by atoms with van der Waals surface area (Å²) in [5.41, 5.74) is -2.16. The van der Waals surface area contributed by atoms with E-state index in [1.54, 1.807) is 30.3 Å². The summed E-state index contributed by atoms with van der Waals surface area (Å²) in [6.07, 6.45) is -4.80. The molecule has 1 aliphatic rings. The average Bonchev–Trinajstić information content (AvgIpc) is 3.29. The summed E-state index contributed by atoms with van der Waals surface area (Å²) in [6.45, 7) is 0. The van der Waals surface area contributed by atoms with Gasteiger partial charge in [0.2, 0.25) is 5.44 Å². The number of aliphatic hydroxyl groups excluding tert-OH is 3. The van der Waals surface area contributed by atoms with Gasteiger partial charge in [0.1, 0.15) is 24.6 Å². The van der Waals surface area contributed by atoms with Gasteiger partial charge in [-0.05, 0) is 12.1 Å². The minimum absolute atomic E-state index is 0.0496. The molecule has 3 aromatic rings. The molecule has 164 valence electrons. The second-order valence-corrected chi connectivity index (χ2v) is 8.14. The van der Waals surface area contributed by atoms with E-state index in [2.05, 4.69) is 20.3 Å². The first kappa shape index (κ1) is 21.2. The Morgan fingerprint density at radius 1 is 1.16 bits per heavy atom. The van der Waals surface area contributed by atoms with Crippen LogP contribution in [0, 0.1) is 0 Å². The molecule has 5 atom stereocenters. The first-order valence-electron chi connectivity index (χ1n) is 8.85. The zero-order valence-corrected chi connectivity index (χ0v) is 16.3. The molecule has 0 aliphatic carbocycles.